The van der Waals surface area contributed by atoms with Gasteiger partial charge in [-0.15, -0.1) is 0 Å². The third kappa shape index (κ3) is 7.56. The summed E-state index contributed by atoms with van der Waals surface area (Å²) in [7, 11) is -4.40. The SMILES string of the molecule is N=C(N)c1cccc(C=C(F)CN(c2ccc(OC3CCN(C4=NCCC4)CC3)cc2)S(=O)(=O)CC(=O)O)c1. The number of nitrogens with one attached hydrogen (secondary N) is 1. The maximum atomic E-state index is 15.0. The topological polar surface area (TPSA) is 149 Å². The van der Waals surface area contributed by atoms with Crippen molar-refractivity contribution in [2.75, 3.05) is 36.2 Å². The van der Waals surface area contributed by atoms with Crippen LogP contribution in [-0.4, -0.2) is 74.1 Å². The van der Waals surface area contributed by atoms with E-state index in [2.05, 4.69) is 9.89 Å². The molecule has 0 unspecified atom stereocenters. The predicted molar refractivity (Wildman–Crippen MR) is 149 cm³/mol. The van der Waals surface area contributed by atoms with Gasteiger partial charge < -0.3 is 20.5 Å². The Morgan fingerprint density at radius 3 is 2.56 bits per heavy atom. The van der Waals surface area contributed by atoms with Crippen molar-refractivity contribution in [2.45, 2.75) is 31.8 Å². The summed E-state index contributed by atoms with van der Waals surface area (Å²) in [6, 6.07) is 12.4. The van der Waals surface area contributed by atoms with Gasteiger partial charge in [-0.1, -0.05) is 18.2 Å². The van der Waals surface area contributed by atoms with Crippen LogP contribution in [0.15, 0.2) is 59.4 Å². The van der Waals surface area contributed by atoms with Gasteiger partial charge in [0.1, 0.15) is 23.5 Å². The number of ether oxygens (including phenoxy) is 1. The number of aliphatic imine (C=N–C) groups is 1. The highest BCUT2D eigenvalue weighted by atomic mass is 32.2. The molecule has 0 radical (unpaired) electrons. The number of piperidine rings is 1. The summed E-state index contributed by atoms with van der Waals surface area (Å²) in [5.74, 6) is -2.02. The number of nitrogens with two attached hydrogens (primary N) is 1. The number of anilines is 1. The molecule has 2 aliphatic heterocycles. The molecule has 4 rings (SSSR count). The molecule has 2 aromatic rings. The summed E-state index contributed by atoms with van der Waals surface area (Å²) in [5.41, 5.74) is 6.36. The monoisotopic (exact) mass is 557 g/mol. The second-order valence-corrected chi connectivity index (χ2v) is 11.4. The maximum Gasteiger partial charge on any atom is 0.320 e. The van der Waals surface area contributed by atoms with E-state index in [1.54, 1.807) is 30.3 Å². The van der Waals surface area contributed by atoms with E-state index in [0.717, 1.165) is 55.7 Å². The third-order valence-corrected chi connectivity index (χ3v) is 8.17. The number of amidine groups is 2. The van der Waals surface area contributed by atoms with Crippen molar-refractivity contribution in [3.63, 3.8) is 0 Å². The highest BCUT2D eigenvalue weighted by Gasteiger charge is 2.28. The summed E-state index contributed by atoms with van der Waals surface area (Å²) in [6.07, 6.45) is 4.92. The van der Waals surface area contributed by atoms with Gasteiger partial charge in [-0.05, 0) is 48.4 Å². The fraction of sp³-hybridized carbons (Fsp3) is 0.370. The first-order valence-electron chi connectivity index (χ1n) is 12.7. The van der Waals surface area contributed by atoms with Crippen LogP contribution in [0, 0.1) is 5.41 Å². The second kappa shape index (κ2) is 12.3. The number of carboxylic acids is 1. The lowest BCUT2D eigenvalue weighted by Gasteiger charge is -2.33. The number of nitrogens with zero attached hydrogens (tertiary/aromatic N) is 3. The summed E-state index contributed by atoms with van der Waals surface area (Å²) in [5, 5.41) is 16.7. The number of carboxylic acid groups (broad SMARTS) is 1. The lowest BCUT2D eigenvalue weighted by molar-refractivity contribution is -0.134. The molecule has 0 spiro atoms. The van der Waals surface area contributed by atoms with Gasteiger partial charge in [-0.3, -0.25) is 19.5 Å². The number of halogens is 1. The van der Waals surface area contributed by atoms with E-state index in [-0.39, 0.29) is 17.6 Å². The number of likely N-dealkylation sites (tertiary alicyclic amines) is 1. The predicted octanol–water partition coefficient (Wildman–Crippen LogP) is 3.24. The summed E-state index contributed by atoms with van der Waals surface area (Å²) in [6.45, 7) is 1.92. The number of rotatable bonds is 10. The standard InChI is InChI=1S/C27H32FN5O5S/c28-21(16-19-3-1-4-20(15-19)27(29)30)17-33(39(36,37)18-26(34)35)22-6-8-23(9-7-22)38-24-10-13-32(14-11-24)25-5-2-12-31-25/h1,3-4,6-9,15-16,24H,2,5,10-14,17-18H2,(H3,29,30)(H,34,35). The van der Waals surface area contributed by atoms with Crippen LogP contribution in [0.5, 0.6) is 5.75 Å². The molecule has 2 aliphatic rings. The second-order valence-electron chi connectivity index (χ2n) is 9.49. The lowest BCUT2D eigenvalue weighted by Crippen LogP contribution is -2.41. The molecule has 0 saturated carbocycles. The van der Waals surface area contributed by atoms with Gasteiger partial charge in [0.15, 0.2) is 5.75 Å². The number of aliphatic carboxylic acids is 1. The van der Waals surface area contributed by atoms with Crippen LogP contribution in [-0.2, 0) is 14.8 Å². The molecular formula is C27H32FN5O5S. The molecule has 2 aromatic carbocycles. The number of benzene rings is 2. The molecule has 0 aromatic heterocycles. The molecule has 2 heterocycles. The zero-order chi connectivity index (χ0) is 28.0. The average molecular weight is 558 g/mol. The smallest absolute Gasteiger partial charge is 0.320 e. The first-order chi connectivity index (χ1) is 18.6. The van der Waals surface area contributed by atoms with Crippen LogP contribution in [0.2, 0.25) is 0 Å². The molecule has 4 N–H and O–H groups in total. The van der Waals surface area contributed by atoms with Gasteiger partial charge in [0.2, 0.25) is 10.0 Å². The van der Waals surface area contributed by atoms with Gasteiger partial charge in [-0.2, -0.15) is 0 Å². The zero-order valence-electron chi connectivity index (χ0n) is 21.4. The molecule has 10 nitrogen and oxygen atoms in total. The third-order valence-electron chi connectivity index (χ3n) is 6.54. The summed E-state index contributed by atoms with van der Waals surface area (Å²) in [4.78, 5) is 18.1. The Bertz CT molecular complexity index is 1370. The Labute approximate surface area is 227 Å². The Morgan fingerprint density at radius 1 is 1.23 bits per heavy atom. The number of hydrogen-bond acceptors (Lipinski definition) is 7. The van der Waals surface area contributed by atoms with Crippen molar-refractivity contribution in [3.8, 4) is 5.75 Å². The molecule has 39 heavy (non-hydrogen) atoms. The number of sulfonamides is 1. The highest BCUT2D eigenvalue weighted by molar-refractivity contribution is 7.93. The molecule has 1 fully saturated rings. The lowest BCUT2D eigenvalue weighted by atomic mass is 10.1. The maximum absolute atomic E-state index is 15.0. The van der Waals surface area contributed by atoms with Crippen molar-refractivity contribution in [1.82, 2.24) is 4.90 Å². The van der Waals surface area contributed by atoms with E-state index < -0.39 is 34.1 Å². The van der Waals surface area contributed by atoms with E-state index in [1.165, 1.54) is 24.0 Å². The van der Waals surface area contributed by atoms with E-state index in [4.69, 9.17) is 21.0 Å². The molecule has 0 amide bonds. The zero-order valence-corrected chi connectivity index (χ0v) is 22.2. The quantitative estimate of drug-likeness (QED) is 0.300. The van der Waals surface area contributed by atoms with Crippen LogP contribution >= 0.6 is 0 Å². The molecule has 1 saturated heterocycles. The van der Waals surface area contributed by atoms with Crippen molar-refractivity contribution in [1.29, 1.82) is 5.41 Å². The Hall–Kier alpha value is -3.93. The van der Waals surface area contributed by atoms with Gasteiger partial charge in [-0.25, -0.2) is 12.8 Å². The minimum atomic E-state index is -4.40. The molecule has 12 heteroatoms. The minimum Gasteiger partial charge on any atom is -0.490 e. The number of carbonyl (C=O) groups is 1. The average Bonchev–Trinajstić information content (AvgIpc) is 3.43. The van der Waals surface area contributed by atoms with Crippen molar-refractivity contribution in [2.24, 2.45) is 10.7 Å². The number of nitrogen functional groups attached to an aromatic ring is 1. The fourth-order valence-corrected chi connectivity index (χ4v) is 5.87. The first kappa shape index (κ1) is 28.1. The van der Waals surface area contributed by atoms with E-state index in [0.29, 0.717) is 16.9 Å². The molecule has 0 bridgehead atoms. The van der Waals surface area contributed by atoms with E-state index >= 15 is 4.39 Å². The van der Waals surface area contributed by atoms with Gasteiger partial charge >= 0.3 is 5.97 Å². The van der Waals surface area contributed by atoms with Gasteiger partial charge in [0, 0.05) is 44.5 Å². The van der Waals surface area contributed by atoms with E-state index in [9.17, 15) is 13.2 Å². The van der Waals surface area contributed by atoms with E-state index in [1.807, 2.05) is 0 Å². The minimum absolute atomic E-state index is 0.00657. The van der Waals surface area contributed by atoms with Crippen LogP contribution in [0.25, 0.3) is 6.08 Å². The van der Waals surface area contributed by atoms with Crippen LogP contribution in [0.3, 0.4) is 0 Å². The van der Waals surface area contributed by atoms with Crippen LogP contribution in [0.4, 0.5) is 10.1 Å². The molecule has 0 atom stereocenters. The summed E-state index contributed by atoms with van der Waals surface area (Å²) < 4.78 is 47.6. The first-order valence-corrected chi connectivity index (χ1v) is 14.3. The highest BCUT2D eigenvalue weighted by Crippen LogP contribution is 2.27. The van der Waals surface area contributed by atoms with Crippen molar-refractivity contribution >= 4 is 39.4 Å². The van der Waals surface area contributed by atoms with Crippen LogP contribution < -0.4 is 14.8 Å². The van der Waals surface area contributed by atoms with Gasteiger partial charge in [0.05, 0.1) is 18.1 Å². The van der Waals surface area contributed by atoms with Gasteiger partial charge in [0.25, 0.3) is 0 Å². The van der Waals surface area contributed by atoms with Crippen molar-refractivity contribution < 1.29 is 27.4 Å². The molecular weight excluding hydrogens is 525 g/mol. The fourth-order valence-electron chi connectivity index (χ4n) is 4.64. The normalized spacial score (nSPS) is 16.6. The Kier molecular flexibility index (Phi) is 8.85. The largest absolute Gasteiger partial charge is 0.490 e. The number of hydrogen-bond donors (Lipinski definition) is 3. The Balaban J connectivity index is 1.47. The van der Waals surface area contributed by atoms with Crippen molar-refractivity contribution in [3.05, 3.63) is 65.5 Å². The van der Waals surface area contributed by atoms with Crippen LogP contribution in [0.1, 0.15) is 36.8 Å². The molecule has 208 valence electrons. The molecule has 0 aliphatic carbocycles. The Morgan fingerprint density at radius 2 is 1.95 bits per heavy atom. The summed E-state index contributed by atoms with van der Waals surface area (Å²) >= 11 is 0.